The SMILES string of the molecule is CCOc1ccc(N2C(=O)CCS2(=O)=O)cc1S(=O)(=O)Nc1cc(Cl)cc(Cl)c1. The zero-order valence-electron chi connectivity index (χ0n) is 15.1. The van der Waals surface area contributed by atoms with Crippen molar-refractivity contribution in [2.45, 2.75) is 18.2 Å². The van der Waals surface area contributed by atoms with Crippen LogP contribution in [0.4, 0.5) is 11.4 Å². The highest BCUT2D eigenvalue weighted by Crippen LogP contribution is 2.34. The number of nitrogens with zero attached hydrogens (tertiary/aromatic N) is 1. The Labute approximate surface area is 178 Å². The Hall–Kier alpha value is -2.01. The van der Waals surface area contributed by atoms with Crippen molar-refractivity contribution < 1.29 is 26.4 Å². The highest BCUT2D eigenvalue weighted by atomic mass is 35.5. The predicted octanol–water partition coefficient (Wildman–Crippen LogP) is 3.26. The maximum absolute atomic E-state index is 13.0. The van der Waals surface area contributed by atoms with Gasteiger partial charge in [0.15, 0.2) is 0 Å². The number of anilines is 2. The third-order valence-electron chi connectivity index (χ3n) is 3.94. The molecule has 1 N–H and O–H groups in total. The van der Waals surface area contributed by atoms with Crippen LogP contribution in [-0.4, -0.2) is 35.1 Å². The molecule has 1 fully saturated rings. The predicted molar refractivity (Wildman–Crippen MR) is 111 cm³/mol. The van der Waals surface area contributed by atoms with E-state index in [2.05, 4.69) is 4.72 Å². The van der Waals surface area contributed by atoms with E-state index in [0.29, 0.717) is 4.31 Å². The van der Waals surface area contributed by atoms with E-state index in [-0.39, 0.29) is 50.8 Å². The van der Waals surface area contributed by atoms with Gasteiger partial charge in [0.05, 0.1) is 23.7 Å². The van der Waals surface area contributed by atoms with E-state index < -0.39 is 26.0 Å². The number of amides is 1. The van der Waals surface area contributed by atoms with Gasteiger partial charge in [-0.2, -0.15) is 0 Å². The summed E-state index contributed by atoms with van der Waals surface area (Å²) in [6.45, 7) is 1.84. The summed E-state index contributed by atoms with van der Waals surface area (Å²) in [5.74, 6) is -0.964. The van der Waals surface area contributed by atoms with Crippen molar-refractivity contribution >= 4 is 60.5 Å². The summed E-state index contributed by atoms with van der Waals surface area (Å²) in [6, 6.07) is 7.88. The van der Waals surface area contributed by atoms with Crippen molar-refractivity contribution in [2.24, 2.45) is 0 Å². The van der Waals surface area contributed by atoms with Crippen molar-refractivity contribution in [1.29, 1.82) is 0 Å². The molecule has 1 saturated heterocycles. The van der Waals surface area contributed by atoms with Gasteiger partial charge in [0, 0.05) is 16.5 Å². The summed E-state index contributed by atoms with van der Waals surface area (Å²) in [5, 5.41) is 0.450. The fourth-order valence-corrected chi connectivity index (χ4v) is 5.98. The van der Waals surface area contributed by atoms with Crippen molar-refractivity contribution in [3.8, 4) is 5.75 Å². The van der Waals surface area contributed by atoms with E-state index in [0.717, 1.165) is 6.07 Å². The van der Waals surface area contributed by atoms with Crippen LogP contribution in [0, 0.1) is 0 Å². The lowest BCUT2D eigenvalue weighted by atomic mass is 10.3. The molecule has 12 heteroatoms. The van der Waals surface area contributed by atoms with Gasteiger partial charge < -0.3 is 4.74 Å². The first-order valence-electron chi connectivity index (χ1n) is 8.35. The smallest absolute Gasteiger partial charge is 0.265 e. The minimum Gasteiger partial charge on any atom is -0.492 e. The van der Waals surface area contributed by atoms with Crippen LogP contribution in [0.3, 0.4) is 0 Å². The van der Waals surface area contributed by atoms with E-state index >= 15 is 0 Å². The van der Waals surface area contributed by atoms with Gasteiger partial charge in [-0.1, -0.05) is 23.2 Å². The average Bonchev–Trinajstić information content (AvgIpc) is 2.87. The number of rotatable bonds is 6. The first kappa shape index (κ1) is 21.7. The lowest BCUT2D eigenvalue weighted by Gasteiger charge is -2.18. The van der Waals surface area contributed by atoms with Gasteiger partial charge in [-0.25, -0.2) is 21.1 Å². The second-order valence-corrected chi connectivity index (χ2v) is 10.5. The quantitative estimate of drug-likeness (QED) is 0.681. The van der Waals surface area contributed by atoms with E-state index in [9.17, 15) is 21.6 Å². The van der Waals surface area contributed by atoms with Crippen LogP contribution in [0.5, 0.6) is 5.75 Å². The second-order valence-electron chi connectivity index (χ2n) is 6.05. The zero-order chi connectivity index (χ0) is 21.4. The Kier molecular flexibility index (Phi) is 6.00. The number of carbonyl (C=O) groups is 1. The molecule has 0 aliphatic carbocycles. The van der Waals surface area contributed by atoms with Crippen molar-refractivity contribution in [1.82, 2.24) is 0 Å². The number of sulfonamides is 2. The molecule has 1 amide bonds. The molecule has 2 aromatic carbocycles. The molecule has 0 spiro atoms. The summed E-state index contributed by atoms with van der Waals surface area (Å²) in [7, 11) is -8.09. The minimum atomic E-state index is -4.23. The number of carbonyl (C=O) groups excluding carboxylic acids is 1. The molecular weight excluding hydrogens is 463 g/mol. The molecule has 1 aliphatic heterocycles. The fraction of sp³-hybridized carbons (Fsp3) is 0.235. The van der Waals surface area contributed by atoms with Gasteiger partial charge in [0.2, 0.25) is 15.9 Å². The molecule has 3 rings (SSSR count). The minimum absolute atomic E-state index is 0.000851. The van der Waals surface area contributed by atoms with Gasteiger partial charge in [-0.3, -0.25) is 9.52 Å². The molecule has 0 bridgehead atoms. The highest BCUT2D eigenvalue weighted by molar-refractivity contribution is 7.94. The average molecular weight is 479 g/mol. The van der Waals surface area contributed by atoms with Crippen molar-refractivity contribution in [2.75, 3.05) is 21.4 Å². The van der Waals surface area contributed by atoms with Crippen LogP contribution in [0.15, 0.2) is 41.3 Å². The number of halogens is 2. The molecule has 0 unspecified atom stereocenters. The molecule has 29 heavy (non-hydrogen) atoms. The number of ether oxygens (including phenoxy) is 1. The molecule has 0 saturated carbocycles. The van der Waals surface area contributed by atoms with Crippen LogP contribution >= 0.6 is 23.2 Å². The molecule has 8 nitrogen and oxygen atoms in total. The summed E-state index contributed by atoms with van der Waals surface area (Å²) in [6.07, 6.45) is -0.170. The van der Waals surface area contributed by atoms with Crippen LogP contribution in [0.2, 0.25) is 10.0 Å². The van der Waals surface area contributed by atoms with Gasteiger partial charge in [-0.05, 0) is 43.3 Å². The maximum Gasteiger partial charge on any atom is 0.265 e. The lowest BCUT2D eigenvalue weighted by Crippen LogP contribution is -2.29. The summed E-state index contributed by atoms with van der Waals surface area (Å²) >= 11 is 11.8. The van der Waals surface area contributed by atoms with Crippen molar-refractivity contribution in [3.05, 3.63) is 46.4 Å². The summed E-state index contributed by atoms with van der Waals surface area (Å²) in [5.41, 5.74) is 0.0284. The number of hydrogen-bond donors (Lipinski definition) is 1. The first-order valence-corrected chi connectivity index (χ1v) is 12.2. The number of hydrogen-bond acceptors (Lipinski definition) is 6. The lowest BCUT2D eigenvalue weighted by molar-refractivity contribution is -0.116. The molecular formula is C17H16Cl2N2O6S2. The molecule has 0 atom stereocenters. The Morgan fingerprint density at radius 2 is 1.79 bits per heavy atom. The number of nitrogens with one attached hydrogen (secondary N) is 1. The first-order chi connectivity index (χ1) is 13.5. The van der Waals surface area contributed by atoms with Gasteiger partial charge in [-0.15, -0.1) is 0 Å². The molecule has 1 heterocycles. The molecule has 0 radical (unpaired) electrons. The molecule has 1 aliphatic rings. The summed E-state index contributed by atoms with van der Waals surface area (Å²) < 4.78 is 58.7. The monoisotopic (exact) mass is 478 g/mol. The Morgan fingerprint density at radius 3 is 2.34 bits per heavy atom. The standard InChI is InChI=1S/C17H16Cl2N2O6S2/c1-2-27-15-4-3-14(21-17(22)5-6-28(21,23)24)10-16(15)29(25,26)20-13-8-11(18)7-12(19)9-13/h3-4,7-10,20H,2,5-6H2,1H3. The highest BCUT2D eigenvalue weighted by Gasteiger charge is 2.37. The van der Waals surface area contributed by atoms with E-state index in [1.165, 1.54) is 30.3 Å². The summed E-state index contributed by atoms with van der Waals surface area (Å²) in [4.78, 5) is 11.7. The van der Waals surface area contributed by atoms with Crippen LogP contribution in [0.1, 0.15) is 13.3 Å². The topological polar surface area (TPSA) is 110 Å². The van der Waals surface area contributed by atoms with Gasteiger partial charge >= 0.3 is 0 Å². The van der Waals surface area contributed by atoms with Crippen LogP contribution < -0.4 is 13.8 Å². The van der Waals surface area contributed by atoms with E-state index in [1.807, 2.05) is 0 Å². The fourth-order valence-electron chi connectivity index (χ4n) is 2.80. The molecule has 0 aromatic heterocycles. The molecule has 156 valence electrons. The van der Waals surface area contributed by atoms with Gasteiger partial charge in [0.25, 0.3) is 10.0 Å². The Balaban J connectivity index is 2.09. The second kappa shape index (κ2) is 8.02. The third kappa shape index (κ3) is 4.61. The molecule has 2 aromatic rings. The number of benzene rings is 2. The van der Waals surface area contributed by atoms with E-state index in [1.54, 1.807) is 6.92 Å². The Bertz CT molecular complexity index is 1160. The van der Waals surface area contributed by atoms with Crippen LogP contribution in [0.25, 0.3) is 0 Å². The Morgan fingerprint density at radius 1 is 1.14 bits per heavy atom. The zero-order valence-corrected chi connectivity index (χ0v) is 18.2. The normalized spacial score (nSPS) is 16.1. The largest absolute Gasteiger partial charge is 0.492 e. The van der Waals surface area contributed by atoms with E-state index in [4.69, 9.17) is 27.9 Å². The maximum atomic E-state index is 13.0. The van der Waals surface area contributed by atoms with Gasteiger partial charge in [0.1, 0.15) is 10.6 Å². The van der Waals surface area contributed by atoms with Crippen LogP contribution in [-0.2, 0) is 24.8 Å². The third-order valence-corrected chi connectivity index (χ3v) is 7.47. The van der Waals surface area contributed by atoms with Crippen molar-refractivity contribution in [3.63, 3.8) is 0 Å².